The average molecular weight is 416 g/mol. The fraction of sp³-hybridized carbons (Fsp3) is 0.280. The third-order valence-electron chi connectivity index (χ3n) is 6.41. The Morgan fingerprint density at radius 3 is 2.06 bits per heavy atom. The van der Waals surface area contributed by atoms with Crippen LogP contribution in [-0.2, 0) is 15.0 Å². The van der Waals surface area contributed by atoms with E-state index < -0.39 is 34.6 Å². The Morgan fingerprint density at radius 2 is 1.45 bits per heavy atom. The molecule has 0 radical (unpaired) electrons. The zero-order valence-electron chi connectivity index (χ0n) is 17.4. The van der Waals surface area contributed by atoms with Crippen LogP contribution in [0.2, 0.25) is 0 Å². The normalized spacial score (nSPS) is 21.1. The van der Waals surface area contributed by atoms with E-state index in [4.69, 9.17) is 0 Å². The summed E-state index contributed by atoms with van der Waals surface area (Å²) in [6, 6.07) is 8.94. The number of fused-ring (bicyclic) bond motifs is 2. The molecule has 2 aliphatic rings. The fourth-order valence-corrected chi connectivity index (χ4v) is 4.69. The molecule has 0 amide bonds. The molecule has 0 saturated carbocycles. The monoisotopic (exact) mass is 416 g/mol. The van der Waals surface area contributed by atoms with Crippen molar-refractivity contribution in [3.05, 3.63) is 69.8 Å². The maximum Gasteiger partial charge on any atom is 0.193 e. The average Bonchev–Trinajstić information content (AvgIpc) is 3.12. The van der Waals surface area contributed by atoms with E-state index in [0.717, 1.165) is 5.56 Å². The van der Waals surface area contributed by atoms with Crippen molar-refractivity contribution in [2.45, 2.75) is 32.6 Å². The van der Waals surface area contributed by atoms with Crippen LogP contribution in [0.5, 0.6) is 0 Å². The summed E-state index contributed by atoms with van der Waals surface area (Å²) in [5.74, 6) is -4.15. The van der Waals surface area contributed by atoms with Gasteiger partial charge in [0.1, 0.15) is 18.0 Å². The summed E-state index contributed by atoms with van der Waals surface area (Å²) in [6.07, 6.45) is 0.567. The summed E-state index contributed by atoms with van der Waals surface area (Å²) in [5, 5.41) is 0. The van der Waals surface area contributed by atoms with Crippen LogP contribution in [0, 0.1) is 11.8 Å². The van der Waals surface area contributed by atoms with Crippen LogP contribution in [0.15, 0.2) is 36.4 Å². The van der Waals surface area contributed by atoms with Gasteiger partial charge in [-0.25, -0.2) is 0 Å². The number of benzene rings is 2. The van der Waals surface area contributed by atoms with E-state index in [1.54, 1.807) is 19.1 Å². The lowest BCUT2D eigenvalue weighted by molar-refractivity contribution is -0.122. The molecular formula is C25H20O6. The van der Waals surface area contributed by atoms with Gasteiger partial charge in [-0.1, -0.05) is 39.0 Å². The number of carbonyl (C=O) groups excluding carboxylic acids is 6. The molecule has 0 fully saturated rings. The molecule has 6 heteroatoms. The molecule has 0 spiro atoms. The minimum Gasteiger partial charge on any atom is -0.302 e. The molecule has 0 aromatic heterocycles. The van der Waals surface area contributed by atoms with Gasteiger partial charge in [0.05, 0.1) is 5.92 Å². The molecule has 0 aliphatic heterocycles. The number of hydrogen-bond donors (Lipinski definition) is 0. The molecule has 0 heterocycles. The van der Waals surface area contributed by atoms with Gasteiger partial charge in [-0.2, -0.15) is 0 Å². The van der Waals surface area contributed by atoms with Gasteiger partial charge in [-0.15, -0.1) is 0 Å². The number of carbonyl (C=O) groups is 6. The van der Waals surface area contributed by atoms with Gasteiger partial charge in [-0.3, -0.25) is 24.0 Å². The van der Waals surface area contributed by atoms with Crippen LogP contribution in [0.4, 0.5) is 0 Å². The molecule has 6 nitrogen and oxygen atoms in total. The molecule has 2 atom stereocenters. The molecule has 156 valence electrons. The number of aldehydes is 1. The van der Waals surface area contributed by atoms with Crippen LogP contribution >= 0.6 is 0 Å². The van der Waals surface area contributed by atoms with Crippen LogP contribution in [-0.4, -0.2) is 35.2 Å². The van der Waals surface area contributed by atoms with E-state index in [1.807, 2.05) is 13.8 Å². The summed E-state index contributed by atoms with van der Waals surface area (Å²) in [5.41, 5.74) is 1.03. The Kier molecular flexibility index (Phi) is 4.69. The van der Waals surface area contributed by atoms with Gasteiger partial charge in [0, 0.05) is 39.7 Å². The zero-order valence-corrected chi connectivity index (χ0v) is 17.4. The van der Waals surface area contributed by atoms with Crippen molar-refractivity contribution >= 4 is 35.2 Å². The highest BCUT2D eigenvalue weighted by atomic mass is 16.2. The highest BCUT2D eigenvalue weighted by Gasteiger charge is 2.49. The second-order valence-electron chi connectivity index (χ2n) is 8.53. The highest BCUT2D eigenvalue weighted by Crippen LogP contribution is 2.44. The number of hydrogen-bond acceptors (Lipinski definition) is 6. The molecular weight excluding hydrogens is 396 g/mol. The Balaban J connectivity index is 1.73. The highest BCUT2D eigenvalue weighted by molar-refractivity contribution is 6.33. The maximum atomic E-state index is 13.1. The molecule has 0 N–H and O–H groups in total. The lowest BCUT2D eigenvalue weighted by Crippen LogP contribution is -2.33. The Labute approximate surface area is 178 Å². The third-order valence-corrected chi connectivity index (χ3v) is 6.41. The van der Waals surface area contributed by atoms with Gasteiger partial charge >= 0.3 is 0 Å². The number of ketones is 5. The van der Waals surface area contributed by atoms with Crippen molar-refractivity contribution in [3.63, 3.8) is 0 Å². The largest absolute Gasteiger partial charge is 0.302 e. The van der Waals surface area contributed by atoms with Crippen LogP contribution in [0.1, 0.15) is 79.8 Å². The number of rotatable bonds is 5. The van der Waals surface area contributed by atoms with Crippen molar-refractivity contribution in [3.8, 4) is 0 Å². The number of Topliss-reactive ketones (excluding diaryl/α,β-unsaturated/α-hetero) is 4. The molecule has 0 saturated heterocycles. The molecule has 4 rings (SSSR count). The first kappa shape index (κ1) is 20.7. The predicted octanol–water partition coefficient (Wildman–Crippen LogP) is 3.18. The minimum absolute atomic E-state index is 0.0555. The zero-order chi connectivity index (χ0) is 22.7. The van der Waals surface area contributed by atoms with Gasteiger partial charge in [0.25, 0.3) is 0 Å². The van der Waals surface area contributed by atoms with Gasteiger partial charge in [0.2, 0.25) is 0 Å². The first-order valence-electron chi connectivity index (χ1n) is 10.1. The van der Waals surface area contributed by atoms with E-state index >= 15 is 0 Å². The molecule has 0 bridgehead atoms. The Morgan fingerprint density at radius 1 is 0.871 bits per heavy atom. The van der Waals surface area contributed by atoms with Crippen LogP contribution < -0.4 is 0 Å². The van der Waals surface area contributed by atoms with Gasteiger partial charge in [-0.05, 0) is 23.8 Å². The quantitative estimate of drug-likeness (QED) is 0.421. The molecule has 2 aromatic carbocycles. The van der Waals surface area contributed by atoms with Crippen molar-refractivity contribution in [2.75, 3.05) is 0 Å². The van der Waals surface area contributed by atoms with E-state index in [2.05, 4.69) is 0 Å². The second-order valence-corrected chi connectivity index (χ2v) is 8.53. The topological polar surface area (TPSA) is 102 Å². The minimum atomic E-state index is -1.35. The summed E-state index contributed by atoms with van der Waals surface area (Å²) in [6.45, 7) is 5.42. The van der Waals surface area contributed by atoms with E-state index in [-0.39, 0.29) is 40.2 Å². The van der Waals surface area contributed by atoms with Gasteiger partial charge in [0.15, 0.2) is 23.1 Å². The lowest BCUT2D eigenvalue weighted by Gasteiger charge is -2.25. The maximum absolute atomic E-state index is 13.1. The smallest absolute Gasteiger partial charge is 0.193 e. The first-order chi connectivity index (χ1) is 14.6. The second kappa shape index (κ2) is 7.01. The summed E-state index contributed by atoms with van der Waals surface area (Å²) in [7, 11) is 0. The summed E-state index contributed by atoms with van der Waals surface area (Å²) in [4.78, 5) is 73.9. The van der Waals surface area contributed by atoms with E-state index in [0.29, 0.717) is 11.8 Å². The first-order valence-corrected chi connectivity index (χ1v) is 10.1. The fourth-order valence-electron chi connectivity index (χ4n) is 4.69. The molecule has 2 aliphatic carbocycles. The Hall–Kier alpha value is -3.54. The van der Waals surface area contributed by atoms with Crippen LogP contribution in [0.25, 0.3) is 0 Å². The third kappa shape index (κ3) is 2.86. The van der Waals surface area contributed by atoms with Crippen molar-refractivity contribution in [2.24, 2.45) is 11.8 Å². The van der Waals surface area contributed by atoms with E-state index in [9.17, 15) is 28.8 Å². The van der Waals surface area contributed by atoms with Crippen molar-refractivity contribution in [1.29, 1.82) is 0 Å². The predicted molar refractivity (Wildman–Crippen MR) is 111 cm³/mol. The van der Waals surface area contributed by atoms with Crippen LogP contribution in [0.3, 0.4) is 0 Å². The van der Waals surface area contributed by atoms with Crippen molar-refractivity contribution in [1.82, 2.24) is 0 Å². The SMILES string of the molecule is CCC(=O)C1C(=O)c2cc(C(=O)c3ccc4c(c3)C(=O)C(C=O)C4=O)ccc2C1(C)C. The van der Waals surface area contributed by atoms with Gasteiger partial charge < -0.3 is 4.79 Å². The molecule has 2 aromatic rings. The summed E-state index contributed by atoms with van der Waals surface area (Å²) < 4.78 is 0. The molecule has 31 heavy (non-hydrogen) atoms. The van der Waals surface area contributed by atoms with Crippen molar-refractivity contribution < 1.29 is 28.8 Å². The van der Waals surface area contributed by atoms with E-state index in [1.165, 1.54) is 24.3 Å². The molecule has 2 unspecified atom stereocenters. The summed E-state index contributed by atoms with van der Waals surface area (Å²) >= 11 is 0. The standard InChI is InChI=1S/C25H20O6/c1-4-19(27)20-24(31)16-10-13(6-8-18(16)25(20,2)3)21(28)12-5-7-14-15(9-12)23(30)17(11-26)22(14)29/h5-11,17,20H,4H2,1-3H3. The Bertz CT molecular complexity index is 1220. The lowest BCUT2D eigenvalue weighted by atomic mass is 9.75.